The van der Waals surface area contributed by atoms with E-state index in [9.17, 15) is 0 Å². The number of hydrogen-bond acceptors (Lipinski definition) is 1. The minimum Gasteiger partial charge on any atom is -0.0895 e. The molecule has 0 aliphatic rings. The van der Waals surface area contributed by atoms with Gasteiger partial charge in [-0.3, -0.25) is 0 Å². The van der Waals surface area contributed by atoms with Crippen molar-refractivity contribution in [2.24, 2.45) is 0 Å². The Hall–Kier alpha value is -1.21. The van der Waals surface area contributed by atoms with Crippen molar-refractivity contribution in [1.29, 1.82) is 0 Å². The molecule has 0 saturated heterocycles. The third kappa shape index (κ3) is 4.41. The van der Waals surface area contributed by atoms with E-state index in [-0.39, 0.29) is 10.8 Å². The second kappa shape index (κ2) is 6.36. The molecule has 2 aromatic rings. The zero-order chi connectivity index (χ0) is 17.4. The summed E-state index contributed by atoms with van der Waals surface area (Å²) in [5.41, 5.74) is 5.81. The highest BCUT2D eigenvalue weighted by atomic mass is 32.2. The Morgan fingerprint density at radius 1 is 0.609 bits per heavy atom. The SMILES string of the molecule is Cc1ccc(C(C)(C)C)c(Sc2cc(C)ccc2C(C)(C)C)c1. The van der Waals surface area contributed by atoms with Crippen LogP contribution in [0.15, 0.2) is 46.2 Å². The van der Waals surface area contributed by atoms with Crippen LogP contribution in [-0.2, 0) is 10.8 Å². The van der Waals surface area contributed by atoms with Crippen molar-refractivity contribution in [2.75, 3.05) is 0 Å². The van der Waals surface area contributed by atoms with Crippen LogP contribution in [0.5, 0.6) is 0 Å². The van der Waals surface area contributed by atoms with Crippen LogP contribution in [0.3, 0.4) is 0 Å². The second-order valence-corrected chi connectivity index (χ2v) is 9.69. The van der Waals surface area contributed by atoms with Crippen molar-refractivity contribution in [1.82, 2.24) is 0 Å². The van der Waals surface area contributed by atoms with Gasteiger partial charge in [-0.05, 0) is 59.1 Å². The van der Waals surface area contributed by atoms with E-state index in [1.807, 2.05) is 11.8 Å². The smallest absolute Gasteiger partial charge is 0.0162 e. The monoisotopic (exact) mass is 326 g/mol. The van der Waals surface area contributed by atoms with Crippen LogP contribution >= 0.6 is 11.8 Å². The van der Waals surface area contributed by atoms with Crippen molar-refractivity contribution in [2.45, 2.75) is 76.0 Å². The summed E-state index contributed by atoms with van der Waals surface area (Å²) in [6.45, 7) is 18.1. The maximum absolute atomic E-state index is 2.33. The highest BCUT2D eigenvalue weighted by Crippen LogP contribution is 2.41. The molecule has 0 atom stereocenters. The number of benzene rings is 2. The zero-order valence-electron chi connectivity index (χ0n) is 15.9. The van der Waals surface area contributed by atoms with Crippen molar-refractivity contribution in [3.63, 3.8) is 0 Å². The molecule has 2 rings (SSSR count). The molecule has 0 amide bonds. The fourth-order valence-electron chi connectivity index (χ4n) is 2.79. The van der Waals surface area contributed by atoms with Crippen LogP contribution in [-0.4, -0.2) is 0 Å². The first-order valence-corrected chi connectivity index (χ1v) is 9.20. The molecule has 0 N–H and O–H groups in total. The normalized spacial score (nSPS) is 12.5. The van der Waals surface area contributed by atoms with E-state index in [4.69, 9.17) is 0 Å². The van der Waals surface area contributed by atoms with Gasteiger partial charge in [-0.2, -0.15) is 0 Å². The lowest BCUT2D eigenvalue weighted by Crippen LogP contribution is -2.14. The first kappa shape index (κ1) is 18.1. The van der Waals surface area contributed by atoms with Gasteiger partial charge in [-0.25, -0.2) is 0 Å². The Balaban J connectivity index is 2.56. The Kier molecular flexibility index (Phi) is 5.01. The topological polar surface area (TPSA) is 0 Å². The third-order valence-electron chi connectivity index (χ3n) is 4.11. The van der Waals surface area contributed by atoms with Gasteiger partial charge in [0.15, 0.2) is 0 Å². The molecule has 0 unspecified atom stereocenters. The summed E-state index contributed by atoms with van der Waals surface area (Å²) in [6.07, 6.45) is 0. The molecule has 0 saturated carbocycles. The summed E-state index contributed by atoms with van der Waals surface area (Å²) in [5, 5.41) is 0. The zero-order valence-corrected chi connectivity index (χ0v) is 16.7. The van der Waals surface area contributed by atoms with Crippen molar-refractivity contribution < 1.29 is 0 Å². The van der Waals surface area contributed by atoms with Crippen molar-refractivity contribution >= 4 is 11.8 Å². The molecule has 0 aliphatic heterocycles. The van der Waals surface area contributed by atoms with E-state index >= 15 is 0 Å². The van der Waals surface area contributed by atoms with Crippen LogP contribution in [0.4, 0.5) is 0 Å². The van der Waals surface area contributed by atoms with E-state index < -0.39 is 0 Å². The van der Waals surface area contributed by atoms with E-state index in [2.05, 4.69) is 91.8 Å². The number of aryl methyl sites for hydroxylation is 2. The molecular weight excluding hydrogens is 296 g/mol. The fourth-order valence-corrected chi connectivity index (χ4v) is 4.48. The highest BCUT2D eigenvalue weighted by molar-refractivity contribution is 7.99. The summed E-state index contributed by atoms with van der Waals surface area (Å²) in [4.78, 5) is 2.77. The first-order chi connectivity index (χ1) is 10.5. The van der Waals surface area contributed by atoms with E-state index in [0.717, 1.165) is 0 Å². The van der Waals surface area contributed by atoms with Crippen LogP contribution in [0.25, 0.3) is 0 Å². The largest absolute Gasteiger partial charge is 0.0895 e. The molecular formula is C22H30S. The van der Waals surface area contributed by atoms with Crippen LogP contribution in [0.2, 0.25) is 0 Å². The molecule has 0 spiro atoms. The molecule has 23 heavy (non-hydrogen) atoms. The number of rotatable bonds is 2. The molecule has 0 nitrogen and oxygen atoms in total. The Morgan fingerprint density at radius 3 is 1.26 bits per heavy atom. The third-order valence-corrected chi connectivity index (χ3v) is 5.23. The average molecular weight is 327 g/mol. The fraction of sp³-hybridized carbons (Fsp3) is 0.455. The highest BCUT2D eigenvalue weighted by Gasteiger charge is 2.22. The van der Waals surface area contributed by atoms with Gasteiger partial charge in [-0.1, -0.05) is 77.6 Å². The standard InChI is InChI=1S/C22H30S/c1-15-9-11-17(21(3,4)5)19(13-15)23-20-14-16(2)10-12-18(20)22(6,7)8/h9-14H,1-8H3. The molecule has 0 aliphatic carbocycles. The molecule has 0 heterocycles. The molecule has 0 aromatic heterocycles. The second-order valence-electron chi connectivity index (χ2n) is 8.60. The summed E-state index contributed by atoms with van der Waals surface area (Å²) >= 11 is 1.92. The first-order valence-electron chi connectivity index (χ1n) is 8.38. The molecule has 2 aromatic carbocycles. The molecule has 124 valence electrons. The minimum absolute atomic E-state index is 0.155. The maximum atomic E-state index is 2.33. The molecule has 0 fully saturated rings. The maximum Gasteiger partial charge on any atom is 0.0162 e. The van der Waals surface area contributed by atoms with Gasteiger partial charge in [0.05, 0.1) is 0 Å². The van der Waals surface area contributed by atoms with Gasteiger partial charge >= 0.3 is 0 Å². The van der Waals surface area contributed by atoms with Gasteiger partial charge in [-0.15, -0.1) is 0 Å². The molecule has 0 bridgehead atoms. The predicted octanol–water partition coefficient (Wildman–Crippen LogP) is 7.05. The van der Waals surface area contributed by atoms with E-state index in [0.29, 0.717) is 0 Å². The lowest BCUT2D eigenvalue weighted by atomic mass is 9.86. The van der Waals surface area contributed by atoms with Crippen LogP contribution < -0.4 is 0 Å². The lowest BCUT2D eigenvalue weighted by molar-refractivity contribution is 0.575. The predicted molar refractivity (Wildman–Crippen MR) is 104 cm³/mol. The van der Waals surface area contributed by atoms with Crippen molar-refractivity contribution in [3.8, 4) is 0 Å². The summed E-state index contributed by atoms with van der Waals surface area (Å²) in [6, 6.07) is 13.7. The van der Waals surface area contributed by atoms with Gasteiger partial charge in [0.1, 0.15) is 0 Å². The van der Waals surface area contributed by atoms with Crippen LogP contribution in [0.1, 0.15) is 63.8 Å². The molecule has 1 heteroatoms. The molecule has 0 radical (unpaired) electrons. The lowest BCUT2D eigenvalue weighted by Gasteiger charge is -2.26. The van der Waals surface area contributed by atoms with E-state index in [1.54, 1.807) is 0 Å². The quantitative estimate of drug-likeness (QED) is 0.569. The van der Waals surface area contributed by atoms with E-state index in [1.165, 1.54) is 32.0 Å². The number of hydrogen-bond donors (Lipinski definition) is 0. The van der Waals surface area contributed by atoms with Gasteiger partial charge in [0.2, 0.25) is 0 Å². The Labute approximate surface area is 146 Å². The minimum atomic E-state index is 0.155. The average Bonchev–Trinajstić information content (AvgIpc) is 2.35. The van der Waals surface area contributed by atoms with Gasteiger partial charge in [0.25, 0.3) is 0 Å². The summed E-state index contributed by atoms with van der Waals surface area (Å²) in [7, 11) is 0. The van der Waals surface area contributed by atoms with Gasteiger partial charge < -0.3 is 0 Å². The Bertz CT molecular complexity index is 635. The Morgan fingerprint density at radius 2 is 0.957 bits per heavy atom. The summed E-state index contributed by atoms with van der Waals surface area (Å²) < 4.78 is 0. The van der Waals surface area contributed by atoms with Crippen LogP contribution in [0, 0.1) is 13.8 Å². The summed E-state index contributed by atoms with van der Waals surface area (Å²) in [5.74, 6) is 0. The van der Waals surface area contributed by atoms with Crippen molar-refractivity contribution in [3.05, 3.63) is 58.7 Å². The van der Waals surface area contributed by atoms with Gasteiger partial charge in [0, 0.05) is 9.79 Å².